The van der Waals surface area contributed by atoms with Crippen LogP contribution in [0.2, 0.25) is 0 Å². The highest BCUT2D eigenvalue weighted by atomic mass is 19.4. The summed E-state index contributed by atoms with van der Waals surface area (Å²) in [7, 11) is 0. The van der Waals surface area contributed by atoms with Crippen LogP contribution in [-0.4, -0.2) is 45.4 Å². The lowest BCUT2D eigenvalue weighted by atomic mass is 10.1. The summed E-state index contributed by atoms with van der Waals surface area (Å²) in [4.78, 5) is 25.2. The van der Waals surface area contributed by atoms with Crippen molar-refractivity contribution in [1.82, 2.24) is 19.9 Å². The molecule has 0 aromatic carbocycles. The smallest absolute Gasteiger partial charge is 0.369 e. The van der Waals surface area contributed by atoms with E-state index in [4.69, 9.17) is 5.73 Å². The van der Waals surface area contributed by atoms with Gasteiger partial charge in [0.05, 0.1) is 17.8 Å². The molecule has 0 saturated carbocycles. The van der Waals surface area contributed by atoms with Crippen LogP contribution in [0.15, 0.2) is 30.6 Å². The number of primary amides is 1. The van der Waals surface area contributed by atoms with Crippen molar-refractivity contribution in [3.8, 4) is 0 Å². The maximum absolute atomic E-state index is 12.8. The van der Waals surface area contributed by atoms with Gasteiger partial charge in [-0.1, -0.05) is 0 Å². The minimum Gasteiger partial charge on any atom is -0.369 e. The summed E-state index contributed by atoms with van der Waals surface area (Å²) < 4.78 is 38.3. The summed E-state index contributed by atoms with van der Waals surface area (Å²) in [5, 5.41) is 2.70. The molecule has 0 bridgehead atoms. The van der Waals surface area contributed by atoms with Gasteiger partial charge in [-0.25, -0.2) is 15.0 Å². The van der Waals surface area contributed by atoms with Gasteiger partial charge in [0.1, 0.15) is 5.82 Å². The zero-order chi connectivity index (χ0) is 18.7. The molecular weight excluding hydrogens is 349 g/mol. The molecule has 3 heterocycles. The fourth-order valence-corrected chi connectivity index (χ4v) is 2.89. The minimum atomic E-state index is -4.45. The van der Waals surface area contributed by atoms with E-state index in [9.17, 15) is 18.0 Å². The van der Waals surface area contributed by atoms with E-state index < -0.39 is 11.7 Å². The molecule has 138 valence electrons. The van der Waals surface area contributed by atoms with Crippen LogP contribution in [0.4, 0.5) is 24.9 Å². The molecular formula is C16H17F3N6O. The van der Waals surface area contributed by atoms with Crippen molar-refractivity contribution < 1.29 is 18.0 Å². The predicted octanol–water partition coefficient (Wildman–Crippen LogP) is 1.91. The molecule has 1 amide bonds. The average molecular weight is 366 g/mol. The number of carbonyl (C=O) groups is 1. The molecule has 3 rings (SSSR count). The SMILES string of the molecule is NC(=O)CN1CCC(c2ccnc(Nc3cc(C(F)(F)F)ccn3)n2)C1. The first kappa shape index (κ1) is 18.1. The number of halogens is 3. The Morgan fingerprint density at radius 3 is 2.81 bits per heavy atom. The number of rotatable bonds is 5. The first-order chi connectivity index (χ1) is 12.3. The molecule has 2 aromatic rings. The highest BCUT2D eigenvalue weighted by molar-refractivity contribution is 5.75. The second-order valence-electron chi connectivity index (χ2n) is 6.04. The van der Waals surface area contributed by atoms with Gasteiger partial charge in [0.2, 0.25) is 11.9 Å². The van der Waals surface area contributed by atoms with E-state index in [-0.39, 0.29) is 30.1 Å². The summed E-state index contributed by atoms with van der Waals surface area (Å²) in [6, 6.07) is 3.55. The van der Waals surface area contributed by atoms with E-state index in [1.54, 1.807) is 6.07 Å². The third-order valence-electron chi connectivity index (χ3n) is 4.07. The molecule has 7 nitrogen and oxygen atoms in total. The van der Waals surface area contributed by atoms with Gasteiger partial charge in [-0.3, -0.25) is 9.69 Å². The lowest BCUT2D eigenvalue weighted by Crippen LogP contribution is -2.31. The highest BCUT2D eigenvalue weighted by Gasteiger charge is 2.31. The van der Waals surface area contributed by atoms with E-state index >= 15 is 0 Å². The number of hydrogen-bond acceptors (Lipinski definition) is 6. The van der Waals surface area contributed by atoms with E-state index in [2.05, 4.69) is 20.3 Å². The summed E-state index contributed by atoms with van der Waals surface area (Å²) in [5.74, 6) is -0.0971. The van der Waals surface area contributed by atoms with Crippen molar-refractivity contribution in [2.75, 3.05) is 25.0 Å². The zero-order valence-corrected chi connectivity index (χ0v) is 13.7. The molecule has 1 aliphatic rings. The molecule has 0 aliphatic carbocycles. The molecule has 1 fully saturated rings. The lowest BCUT2D eigenvalue weighted by Gasteiger charge is -2.14. The summed E-state index contributed by atoms with van der Waals surface area (Å²) in [6.07, 6.45) is -1.02. The van der Waals surface area contributed by atoms with Crippen LogP contribution in [-0.2, 0) is 11.0 Å². The van der Waals surface area contributed by atoms with Crippen LogP contribution in [0, 0.1) is 0 Å². The Morgan fingerprint density at radius 1 is 1.31 bits per heavy atom. The third kappa shape index (κ3) is 4.45. The van der Waals surface area contributed by atoms with Gasteiger partial charge in [0.15, 0.2) is 0 Å². The topological polar surface area (TPSA) is 97.0 Å². The number of alkyl halides is 3. The first-order valence-electron chi connectivity index (χ1n) is 7.95. The first-order valence-corrected chi connectivity index (χ1v) is 7.95. The Labute approximate surface area is 147 Å². The van der Waals surface area contributed by atoms with Gasteiger partial charge in [-0.2, -0.15) is 13.2 Å². The Morgan fingerprint density at radius 2 is 2.08 bits per heavy atom. The number of pyridine rings is 1. The van der Waals surface area contributed by atoms with Gasteiger partial charge in [-0.15, -0.1) is 0 Å². The Balaban J connectivity index is 1.71. The predicted molar refractivity (Wildman–Crippen MR) is 87.5 cm³/mol. The van der Waals surface area contributed by atoms with Crippen LogP contribution < -0.4 is 11.1 Å². The van der Waals surface area contributed by atoms with Crippen molar-refractivity contribution in [2.45, 2.75) is 18.5 Å². The second kappa shape index (κ2) is 7.24. The number of nitrogens with one attached hydrogen (secondary N) is 1. The van der Waals surface area contributed by atoms with Gasteiger partial charge in [0, 0.05) is 24.9 Å². The van der Waals surface area contributed by atoms with Crippen molar-refractivity contribution in [2.24, 2.45) is 5.73 Å². The number of amides is 1. The van der Waals surface area contributed by atoms with Crippen molar-refractivity contribution in [3.63, 3.8) is 0 Å². The van der Waals surface area contributed by atoms with E-state index in [1.165, 1.54) is 6.20 Å². The lowest BCUT2D eigenvalue weighted by molar-refractivity contribution is -0.137. The van der Waals surface area contributed by atoms with Crippen molar-refractivity contribution in [1.29, 1.82) is 0 Å². The number of carbonyl (C=O) groups excluding carboxylic acids is 1. The maximum Gasteiger partial charge on any atom is 0.416 e. The Hall–Kier alpha value is -2.75. The maximum atomic E-state index is 12.8. The number of hydrogen-bond donors (Lipinski definition) is 2. The van der Waals surface area contributed by atoms with Gasteiger partial charge >= 0.3 is 6.18 Å². The quantitative estimate of drug-likeness (QED) is 0.839. The molecule has 1 aliphatic heterocycles. The number of aromatic nitrogens is 3. The molecule has 0 radical (unpaired) electrons. The molecule has 3 N–H and O–H groups in total. The molecule has 2 aromatic heterocycles. The van der Waals surface area contributed by atoms with Crippen LogP contribution in [0.1, 0.15) is 23.6 Å². The number of nitrogens with zero attached hydrogens (tertiary/aromatic N) is 4. The van der Waals surface area contributed by atoms with Crippen LogP contribution in [0.25, 0.3) is 0 Å². The number of nitrogens with two attached hydrogens (primary N) is 1. The summed E-state index contributed by atoms with van der Waals surface area (Å²) in [6.45, 7) is 1.57. The molecule has 10 heteroatoms. The van der Waals surface area contributed by atoms with E-state index in [0.29, 0.717) is 6.54 Å². The fourth-order valence-electron chi connectivity index (χ4n) is 2.89. The number of likely N-dealkylation sites (tertiary alicyclic amines) is 1. The van der Waals surface area contributed by atoms with Crippen LogP contribution >= 0.6 is 0 Å². The molecule has 1 unspecified atom stereocenters. The van der Waals surface area contributed by atoms with Gasteiger partial charge in [0.25, 0.3) is 0 Å². The second-order valence-corrected chi connectivity index (χ2v) is 6.04. The third-order valence-corrected chi connectivity index (χ3v) is 4.07. The molecule has 1 atom stereocenters. The number of anilines is 2. The molecule has 1 saturated heterocycles. The Kier molecular flexibility index (Phi) is 5.03. The molecule has 0 spiro atoms. The van der Waals surface area contributed by atoms with Crippen molar-refractivity contribution >= 4 is 17.7 Å². The van der Waals surface area contributed by atoms with Gasteiger partial charge < -0.3 is 11.1 Å². The standard InChI is InChI=1S/C16H17F3N6O/c17-16(18,19)11-1-4-21-14(7-11)24-15-22-5-2-12(23-15)10-3-6-25(8-10)9-13(20)26/h1-2,4-5,7,10H,3,6,8-9H2,(H2,20,26)(H,21,22,23,24). The minimum absolute atomic E-state index is 0.0127. The normalized spacial score (nSPS) is 18.0. The van der Waals surface area contributed by atoms with Crippen LogP contribution in [0.3, 0.4) is 0 Å². The van der Waals surface area contributed by atoms with E-state index in [0.717, 1.165) is 37.0 Å². The average Bonchev–Trinajstić information content (AvgIpc) is 3.02. The monoisotopic (exact) mass is 366 g/mol. The van der Waals surface area contributed by atoms with Crippen molar-refractivity contribution in [3.05, 3.63) is 41.9 Å². The Bertz CT molecular complexity index is 798. The zero-order valence-electron chi connectivity index (χ0n) is 13.7. The van der Waals surface area contributed by atoms with E-state index in [1.807, 2.05) is 4.90 Å². The molecule has 26 heavy (non-hydrogen) atoms. The highest BCUT2D eigenvalue weighted by Crippen LogP contribution is 2.30. The summed E-state index contributed by atoms with van der Waals surface area (Å²) >= 11 is 0. The largest absolute Gasteiger partial charge is 0.416 e. The van der Waals surface area contributed by atoms with Crippen LogP contribution in [0.5, 0.6) is 0 Å². The van der Waals surface area contributed by atoms with Gasteiger partial charge in [-0.05, 0) is 31.2 Å². The fraction of sp³-hybridized carbons (Fsp3) is 0.375. The summed E-state index contributed by atoms with van der Waals surface area (Å²) in [5.41, 5.74) is 5.16.